The van der Waals surface area contributed by atoms with E-state index in [4.69, 9.17) is 0 Å². The zero-order chi connectivity index (χ0) is 19.5. The molecule has 4 rings (SSSR count). The molecule has 1 aliphatic heterocycles. The summed E-state index contributed by atoms with van der Waals surface area (Å²) in [6.07, 6.45) is 7.01. The molecule has 0 bridgehead atoms. The lowest BCUT2D eigenvalue weighted by Gasteiger charge is -2.35. The maximum absolute atomic E-state index is 11.9. The molecule has 1 fully saturated rings. The van der Waals surface area contributed by atoms with E-state index in [1.54, 1.807) is 23.0 Å². The molecular weight excluding hydrogens is 356 g/mol. The fourth-order valence-electron chi connectivity index (χ4n) is 3.84. The Hall–Kier alpha value is -2.81. The van der Waals surface area contributed by atoms with Crippen LogP contribution >= 0.6 is 0 Å². The molecule has 1 unspecified atom stereocenters. The Labute approximate surface area is 163 Å². The first-order valence-corrected chi connectivity index (χ1v) is 9.78. The minimum absolute atomic E-state index is 0.0513. The van der Waals surface area contributed by atoms with Crippen LogP contribution in [0.2, 0.25) is 0 Å². The van der Waals surface area contributed by atoms with Crippen LogP contribution in [0.5, 0.6) is 0 Å². The Kier molecular flexibility index (Phi) is 5.34. The first-order valence-electron chi connectivity index (χ1n) is 9.78. The van der Waals surface area contributed by atoms with Gasteiger partial charge in [0, 0.05) is 38.4 Å². The van der Waals surface area contributed by atoms with Crippen molar-refractivity contribution in [3.05, 3.63) is 40.7 Å². The highest BCUT2D eigenvalue weighted by Gasteiger charge is 2.23. The summed E-state index contributed by atoms with van der Waals surface area (Å²) in [5, 5.41) is 12.9. The van der Waals surface area contributed by atoms with Gasteiger partial charge in [-0.25, -0.2) is 14.6 Å². The number of nitrogens with zero attached hydrogens (tertiary/aromatic N) is 7. The Morgan fingerprint density at radius 3 is 2.96 bits per heavy atom. The van der Waals surface area contributed by atoms with Crippen molar-refractivity contribution in [1.29, 1.82) is 0 Å². The summed E-state index contributed by atoms with van der Waals surface area (Å²) in [4.78, 5) is 23.4. The number of nitrogens with one attached hydrogen (secondary N) is 1. The zero-order valence-corrected chi connectivity index (χ0v) is 16.4. The number of piperidine rings is 1. The van der Waals surface area contributed by atoms with Crippen LogP contribution in [-0.4, -0.2) is 60.1 Å². The zero-order valence-electron chi connectivity index (χ0n) is 16.4. The minimum Gasteiger partial charge on any atom is -0.368 e. The molecule has 1 N–H and O–H groups in total. The predicted octanol–water partition coefficient (Wildman–Crippen LogP) is 1.20. The fraction of sp³-hybridized carbons (Fsp3) is 0.526. The standard InChI is InChI=1S/C19H26N8O/c1-14-23-18(16-13-22-25(2)19(16)24-14)20-12-15-6-3-4-9-26(15)10-11-27-17(28)7-5-8-21-27/h5,7-8,13,15H,3-4,6,9-12H2,1-2H3,(H,20,23,24). The van der Waals surface area contributed by atoms with Crippen LogP contribution in [0, 0.1) is 6.92 Å². The molecule has 3 aromatic rings. The van der Waals surface area contributed by atoms with Gasteiger partial charge in [-0.1, -0.05) is 6.42 Å². The Bertz CT molecular complexity index is 1010. The van der Waals surface area contributed by atoms with E-state index in [0.717, 1.165) is 48.7 Å². The highest BCUT2D eigenvalue weighted by atomic mass is 16.1. The molecule has 4 heterocycles. The van der Waals surface area contributed by atoms with Crippen molar-refractivity contribution in [3.63, 3.8) is 0 Å². The van der Waals surface area contributed by atoms with Gasteiger partial charge in [-0.2, -0.15) is 10.2 Å². The number of fused-ring (bicyclic) bond motifs is 1. The molecule has 28 heavy (non-hydrogen) atoms. The van der Waals surface area contributed by atoms with Crippen molar-refractivity contribution < 1.29 is 0 Å². The van der Waals surface area contributed by atoms with Gasteiger partial charge in [0.05, 0.1) is 18.1 Å². The molecule has 148 valence electrons. The van der Waals surface area contributed by atoms with E-state index in [1.807, 2.05) is 20.2 Å². The van der Waals surface area contributed by atoms with Gasteiger partial charge < -0.3 is 5.32 Å². The van der Waals surface area contributed by atoms with E-state index < -0.39 is 0 Å². The molecule has 1 aliphatic rings. The van der Waals surface area contributed by atoms with Crippen LogP contribution < -0.4 is 10.9 Å². The van der Waals surface area contributed by atoms with Gasteiger partial charge in [0.1, 0.15) is 11.6 Å². The second-order valence-corrected chi connectivity index (χ2v) is 7.28. The lowest BCUT2D eigenvalue weighted by atomic mass is 10.0. The number of aromatic nitrogens is 6. The molecular formula is C19H26N8O. The topological polar surface area (TPSA) is 93.8 Å². The predicted molar refractivity (Wildman–Crippen MR) is 107 cm³/mol. The largest absolute Gasteiger partial charge is 0.368 e. The third-order valence-electron chi connectivity index (χ3n) is 5.34. The number of anilines is 1. The number of rotatable bonds is 6. The summed E-state index contributed by atoms with van der Waals surface area (Å²) < 4.78 is 3.30. The fourth-order valence-corrected chi connectivity index (χ4v) is 3.84. The highest BCUT2D eigenvalue weighted by Crippen LogP contribution is 2.21. The average Bonchev–Trinajstić information content (AvgIpc) is 3.07. The third kappa shape index (κ3) is 3.89. The Morgan fingerprint density at radius 1 is 1.21 bits per heavy atom. The van der Waals surface area contributed by atoms with Gasteiger partial charge in [-0.15, -0.1) is 0 Å². The van der Waals surface area contributed by atoms with Crippen LogP contribution in [-0.2, 0) is 13.6 Å². The highest BCUT2D eigenvalue weighted by molar-refractivity contribution is 5.86. The molecule has 9 nitrogen and oxygen atoms in total. The molecule has 0 amide bonds. The summed E-state index contributed by atoms with van der Waals surface area (Å²) in [6.45, 7) is 5.16. The third-order valence-corrected chi connectivity index (χ3v) is 5.34. The Balaban J connectivity index is 1.44. The quantitative estimate of drug-likeness (QED) is 0.684. The van der Waals surface area contributed by atoms with Crippen molar-refractivity contribution in [2.75, 3.05) is 25.0 Å². The van der Waals surface area contributed by atoms with Crippen LogP contribution in [0.1, 0.15) is 25.1 Å². The van der Waals surface area contributed by atoms with E-state index in [1.165, 1.54) is 17.5 Å². The summed E-state index contributed by atoms with van der Waals surface area (Å²) in [5.41, 5.74) is 0.787. The van der Waals surface area contributed by atoms with Crippen LogP contribution in [0.25, 0.3) is 11.0 Å². The first kappa shape index (κ1) is 18.5. The van der Waals surface area contributed by atoms with E-state index in [2.05, 4.69) is 30.4 Å². The molecule has 0 aromatic carbocycles. The molecule has 0 radical (unpaired) electrons. The number of hydrogen-bond donors (Lipinski definition) is 1. The molecule has 9 heteroatoms. The van der Waals surface area contributed by atoms with Gasteiger partial charge in [-0.05, 0) is 32.4 Å². The van der Waals surface area contributed by atoms with Crippen molar-refractivity contribution in [2.24, 2.45) is 7.05 Å². The Morgan fingerprint density at radius 2 is 2.11 bits per heavy atom. The number of hydrogen-bond acceptors (Lipinski definition) is 7. The van der Waals surface area contributed by atoms with Crippen LogP contribution in [0.4, 0.5) is 5.82 Å². The molecule has 3 aromatic heterocycles. The molecule has 1 saturated heterocycles. The summed E-state index contributed by atoms with van der Waals surface area (Å²) in [6, 6.07) is 3.63. The van der Waals surface area contributed by atoms with Gasteiger partial charge in [0.2, 0.25) is 0 Å². The summed E-state index contributed by atoms with van der Waals surface area (Å²) >= 11 is 0. The monoisotopic (exact) mass is 382 g/mol. The summed E-state index contributed by atoms with van der Waals surface area (Å²) in [5.74, 6) is 1.57. The molecule has 1 atom stereocenters. The van der Waals surface area contributed by atoms with E-state index in [9.17, 15) is 4.79 Å². The van der Waals surface area contributed by atoms with Gasteiger partial charge in [0.15, 0.2) is 5.65 Å². The number of likely N-dealkylation sites (tertiary alicyclic amines) is 1. The first-order chi connectivity index (χ1) is 13.6. The smallest absolute Gasteiger partial charge is 0.266 e. The van der Waals surface area contributed by atoms with Gasteiger partial charge in [0.25, 0.3) is 5.56 Å². The van der Waals surface area contributed by atoms with Gasteiger partial charge >= 0.3 is 0 Å². The van der Waals surface area contributed by atoms with Crippen LogP contribution in [0.15, 0.2) is 29.3 Å². The maximum Gasteiger partial charge on any atom is 0.266 e. The average molecular weight is 382 g/mol. The van der Waals surface area contributed by atoms with E-state index in [-0.39, 0.29) is 5.56 Å². The second-order valence-electron chi connectivity index (χ2n) is 7.28. The normalized spacial score (nSPS) is 17.9. The van der Waals surface area contributed by atoms with E-state index in [0.29, 0.717) is 12.6 Å². The molecule has 0 spiro atoms. The van der Waals surface area contributed by atoms with Crippen molar-refractivity contribution in [1.82, 2.24) is 34.4 Å². The molecule has 0 aliphatic carbocycles. The minimum atomic E-state index is -0.0513. The maximum atomic E-state index is 11.9. The lowest BCUT2D eigenvalue weighted by Crippen LogP contribution is -2.45. The van der Waals surface area contributed by atoms with Crippen molar-refractivity contribution in [2.45, 2.75) is 38.8 Å². The van der Waals surface area contributed by atoms with Crippen LogP contribution in [0.3, 0.4) is 0 Å². The van der Waals surface area contributed by atoms with Crippen molar-refractivity contribution >= 4 is 16.9 Å². The SMILES string of the molecule is Cc1nc(NCC2CCCCN2CCn2ncccc2=O)c2cnn(C)c2n1. The van der Waals surface area contributed by atoms with Gasteiger partial charge in [-0.3, -0.25) is 14.4 Å². The van der Waals surface area contributed by atoms with E-state index >= 15 is 0 Å². The number of aryl methyl sites for hydroxylation is 2. The second kappa shape index (κ2) is 8.05. The van der Waals surface area contributed by atoms with Crippen molar-refractivity contribution in [3.8, 4) is 0 Å². The lowest BCUT2D eigenvalue weighted by molar-refractivity contribution is 0.148. The molecule has 0 saturated carbocycles. The summed E-state index contributed by atoms with van der Waals surface area (Å²) in [7, 11) is 1.89.